The second-order valence-corrected chi connectivity index (χ2v) is 4.98. The topological polar surface area (TPSA) is 3.24 Å². The van der Waals surface area contributed by atoms with Gasteiger partial charge < -0.3 is 4.90 Å². The van der Waals surface area contributed by atoms with Gasteiger partial charge in [-0.1, -0.05) is 20.8 Å². The Labute approximate surface area is 77.1 Å². The summed E-state index contributed by atoms with van der Waals surface area (Å²) in [5.74, 6) is 0. The van der Waals surface area contributed by atoms with E-state index in [2.05, 4.69) is 32.6 Å². The van der Waals surface area contributed by atoms with Crippen molar-refractivity contribution >= 4 is 0 Å². The van der Waals surface area contributed by atoms with Crippen molar-refractivity contribution in [1.29, 1.82) is 0 Å². The van der Waals surface area contributed by atoms with Gasteiger partial charge in [0.2, 0.25) is 0 Å². The summed E-state index contributed by atoms with van der Waals surface area (Å²) in [5.41, 5.74) is 0.512. The Kier molecular flexibility index (Phi) is 3.16. The minimum absolute atomic E-state index is 0.512. The largest absolute Gasteiger partial charge is 0.300 e. The van der Waals surface area contributed by atoms with Crippen molar-refractivity contribution in [2.45, 2.75) is 53.0 Å². The lowest BCUT2D eigenvalue weighted by Crippen LogP contribution is -2.36. The van der Waals surface area contributed by atoms with Crippen LogP contribution in [-0.4, -0.2) is 24.0 Å². The molecule has 1 unspecified atom stereocenters. The Hall–Kier alpha value is -0.0400. The molecule has 1 heterocycles. The van der Waals surface area contributed by atoms with Crippen LogP contribution in [0, 0.1) is 5.41 Å². The maximum absolute atomic E-state index is 2.64. The number of rotatable bonds is 3. The zero-order chi connectivity index (χ0) is 9.19. The van der Waals surface area contributed by atoms with E-state index < -0.39 is 0 Å². The maximum Gasteiger partial charge on any atom is 0.00676 e. The molecule has 1 heteroatoms. The Balaban J connectivity index is 2.39. The summed E-state index contributed by atoms with van der Waals surface area (Å²) in [4.78, 5) is 2.64. The molecule has 1 saturated heterocycles. The van der Waals surface area contributed by atoms with Crippen LogP contribution < -0.4 is 0 Å². The SMILES string of the molecule is CCC(C)(C)CN1CCCC1C. The van der Waals surface area contributed by atoms with Gasteiger partial charge in [0.15, 0.2) is 0 Å². The number of nitrogens with zero attached hydrogens (tertiary/aromatic N) is 1. The average molecular weight is 169 g/mol. The third kappa shape index (κ3) is 2.48. The molecular weight excluding hydrogens is 146 g/mol. The molecule has 72 valence electrons. The summed E-state index contributed by atoms with van der Waals surface area (Å²) >= 11 is 0. The number of hydrogen-bond acceptors (Lipinski definition) is 1. The van der Waals surface area contributed by atoms with E-state index in [1.165, 1.54) is 32.4 Å². The summed E-state index contributed by atoms with van der Waals surface area (Å²) in [6.45, 7) is 12.0. The van der Waals surface area contributed by atoms with E-state index in [0.29, 0.717) is 5.41 Å². The highest BCUT2D eigenvalue weighted by molar-refractivity contribution is 4.80. The summed E-state index contributed by atoms with van der Waals surface area (Å²) in [7, 11) is 0. The fourth-order valence-corrected chi connectivity index (χ4v) is 1.89. The van der Waals surface area contributed by atoms with Gasteiger partial charge in [0, 0.05) is 12.6 Å². The molecule has 0 aliphatic carbocycles. The third-order valence-electron chi connectivity index (χ3n) is 3.28. The predicted octanol–water partition coefficient (Wildman–Crippen LogP) is 2.91. The second kappa shape index (κ2) is 3.78. The van der Waals surface area contributed by atoms with Gasteiger partial charge in [0.25, 0.3) is 0 Å². The lowest BCUT2D eigenvalue weighted by atomic mass is 9.89. The Morgan fingerprint density at radius 1 is 1.42 bits per heavy atom. The van der Waals surface area contributed by atoms with E-state index >= 15 is 0 Å². The highest BCUT2D eigenvalue weighted by Gasteiger charge is 2.26. The summed E-state index contributed by atoms with van der Waals surface area (Å²) in [6, 6.07) is 0.829. The minimum atomic E-state index is 0.512. The minimum Gasteiger partial charge on any atom is -0.300 e. The average Bonchev–Trinajstić information content (AvgIpc) is 2.36. The van der Waals surface area contributed by atoms with Crippen LogP contribution in [0.1, 0.15) is 47.0 Å². The number of hydrogen-bond donors (Lipinski definition) is 0. The molecule has 1 aliphatic rings. The highest BCUT2D eigenvalue weighted by atomic mass is 15.2. The molecule has 0 N–H and O–H groups in total. The van der Waals surface area contributed by atoms with Crippen LogP contribution in [-0.2, 0) is 0 Å². The lowest BCUT2D eigenvalue weighted by Gasteiger charge is -2.31. The van der Waals surface area contributed by atoms with Crippen LogP contribution >= 0.6 is 0 Å². The highest BCUT2D eigenvalue weighted by Crippen LogP contribution is 2.26. The molecule has 1 nitrogen and oxygen atoms in total. The summed E-state index contributed by atoms with van der Waals surface area (Å²) in [6.07, 6.45) is 4.09. The van der Waals surface area contributed by atoms with Gasteiger partial charge in [-0.25, -0.2) is 0 Å². The van der Waals surface area contributed by atoms with Crippen LogP contribution in [0.15, 0.2) is 0 Å². The van der Waals surface area contributed by atoms with Crippen molar-refractivity contribution in [3.05, 3.63) is 0 Å². The zero-order valence-corrected chi connectivity index (χ0v) is 9.06. The zero-order valence-electron chi connectivity index (χ0n) is 9.06. The van der Waals surface area contributed by atoms with Gasteiger partial charge in [-0.3, -0.25) is 0 Å². The Morgan fingerprint density at radius 3 is 2.50 bits per heavy atom. The van der Waals surface area contributed by atoms with Gasteiger partial charge in [-0.05, 0) is 38.1 Å². The predicted molar refractivity (Wildman–Crippen MR) is 54.3 cm³/mol. The van der Waals surface area contributed by atoms with Gasteiger partial charge in [-0.2, -0.15) is 0 Å². The molecule has 1 aliphatic heterocycles. The molecule has 0 amide bonds. The maximum atomic E-state index is 2.64. The van der Waals surface area contributed by atoms with E-state index in [1.54, 1.807) is 0 Å². The molecule has 1 atom stereocenters. The quantitative estimate of drug-likeness (QED) is 0.628. The van der Waals surface area contributed by atoms with Gasteiger partial charge in [-0.15, -0.1) is 0 Å². The lowest BCUT2D eigenvalue weighted by molar-refractivity contribution is 0.168. The van der Waals surface area contributed by atoms with Crippen LogP contribution in [0.25, 0.3) is 0 Å². The van der Waals surface area contributed by atoms with Crippen LogP contribution in [0.4, 0.5) is 0 Å². The molecule has 0 aromatic heterocycles. The van der Waals surface area contributed by atoms with E-state index in [-0.39, 0.29) is 0 Å². The third-order valence-corrected chi connectivity index (χ3v) is 3.28. The molecule has 0 aromatic rings. The van der Waals surface area contributed by atoms with Crippen molar-refractivity contribution in [3.8, 4) is 0 Å². The van der Waals surface area contributed by atoms with E-state index in [1.807, 2.05) is 0 Å². The van der Waals surface area contributed by atoms with Gasteiger partial charge in [0.05, 0.1) is 0 Å². The van der Waals surface area contributed by atoms with Crippen molar-refractivity contribution in [1.82, 2.24) is 4.90 Å². The first-order valence-electron chi connectivity index (χ1n) is 5.29. The first-order valence-corrected chi connectivity index (χ1v) is 5.29. The van der Waals surface area contributed by atoms with E-state index in [4.69, 9.17) is 0 Å². The summed E-state index contributed by atoms with van der Waals surface area (Å²) < 4.78 is 0. The first kappa shape index (κ1) is 10.0. The van der Waals surface area contributed by atoms with Crippen LogP contribution in [0.3, 0.4) is 0 Å². The van der Waals surface area contributed by atoms with Crippen molar-refractivity contribution in [2.75, 3.05) is 13.1 Å². The fraction of sp³-hybridized carbons (Fsp3) is 1.00. The molecule has 1 fully saturated rings. The van der Waals surface area contributed by atoms with Crippen molar-refractivity contribution < 1.29 is 0 Å². The van der Waals surface area contributed by atoms with Gasteiger partial charge >= 0.3 is 0 Å². The molecule has 1 rings (SSSR count). The summed E-state index contributed by atoms with van der Waals surface area (Å²) in [5, 5.41) is 0. The number of likely N-dealkylation sites (tertiary alicyclic amines) is 1. The molecule has 0 aromatic carbocycles. The normalized spacial score (nSPS) is 26.5. The van der Waals surface area contributed by atoms with Gasteiger partial charge in [0.1, 0.15) is 0 Å². The van der Waals surface area contributed by atoms with Crippen molar-refractivity contribution in [2.24, 2.45) is 5.41 Å². The van der Waals surface area contributed by atoms with Crippen molar-refractivity contribution in [3.63, 3.8) is 0 Å². The molecular formula is C11H23N. The van der Waals surface area contributed by atoms with Crippen LogP contribution in [0.5, 0.6) is 0 Å². The first-order chi connectivity index (χ1) is 5.55. The van der Waals surface area contributed by atoms with E-state index in [9.17, 15) is 0 Å². The Bertz CT molecular complexity index is 140. The second-order valence-electron chi connectivity index (χ2n) is 4.98. The monoisotopic (exact) mass is 169 g/mol. The molecule has 12 heavy (non-hydrogen) atoms. The molecule has 0 saturated carbocycles. The van der Waals surface area contributed by atoms with E-state index in [0.717, 1.165) is 6.04 Å². The standard InChI is InChI=1S/C11H23N/c1-5-11(3,4)9-12-8-6-7-10(12)2/h10H,5-9H2,1-4H3. The Morgan fingerprint density at radius 2 is 2.08 bits per heavy atom. The van der Waals surface area contributed by atoms with Crippen LogP contribution in [0.2, 0.25) is 0 Å². The molecule has 0 spiro atoms. The fourth-order valence-electron chi connectivity index (χ4n) is 1.89. The molecule has 0 bridgehead atoms. The molecule has 0 radical (unpaired) electrons. The smallest absolute Gasteiger partial charge is 0.00676 e.